The topological polar surface area (TPSA) is 53.7 Å². The summed E-state index contributed by atoms with van der Waals surface area (Å²) in [7, 11) is 0. The van der Waals surface area contributed by atoms with Gasteiger partial charge in [0.2, 0.25) is 0 Å². The number of carboxylic acid groups (broad SMARTS) is 1. The molecule has 1 fully saturated rings. The van der Waals surface area contributed by atoms with Crippen molar-refractivity contribution >= 4 is 5.97 Å². The van der Waals surface area contributed by atoms with Crippen LogP contribution in [0.4, 0.5) is 0 Å². The van der Waals surface area contributed by atoms with Gasteiger partial charge in [0, 0.05) is 19.0 Å². The molecule has 1 aliphatic heterocycles. The van der Waals surface area contributed by atoms with Crippen LogP contribution in [0, 0.1) is 5.41 Å². The summed E-state index contributed by atoms with van der Waals surface area (Å²) in [5, 5.41) is 9.50. The van der Waals surface area contributed by atoms with Crippen LogP contribution < -0.4 is 0 Å². The van der Waals surface area contributed by atoms with Gasteiger partial charge in [0.25, 0.3) is 0 Å². The Bertz CT molecular complexity index is 415. The average molecular weight is 265 g/mol. The fourth-order valence-electron chi connectivity index (χ4n) is 3.01. The van der Waals surface area contributed by atoms with Crippen molar-refractivity contribution in [1.29, 1.82) is 0 Å². The van der Waals surface area contributed by atoms with Crippen molar-refractivity contribution < 1.29 is 14.3 Å². The third kappa shape index (κ3) is 3.00. The van der Waals surface area contributed by atoms with Gasteiger partial charge >= 0.3 is 5.97 Å². The van der Waals surface area contributed by atoms with Crippen LogP contribution in [0.1, 0.15) is 38.9 Å². The molecule has 106 valence electrons. The number of carbonyl (C=O) groups is 1. The molecule has 0 aliphatic carbocycles. The third-order valence-corrected chi connectivity index (χ3v) is 4.44. The van der Waals surface area contributed by atoms with E-state index >= 15 is 0 Å². The molecule has 4 heteroatoms. The van der Waals surface area contributed by atoms with Crippen molar-refractivity contribution in [1.82, 2.24) is 4.90 Å². The fourth-order valence-corrected chi connectivity index (χ4v) is 3.01. The van der Waals surface area contributed by atoms with E-state index in [1.807, 2.05) is 19.1 Å². The molecule has 0 spiro atoms. The summed E-state index contributed by atoms with van der Waals surface area (Å²) in [5.74, 6) is 0.320. The summed E-state index contributed by atoms with van der Waals surface area (Å²) < 4.78 is 5.38. The normalized spacial score (nSPS) is 26.2. The van der Waals surface area contributed by atoms with Crippen LogP contribution >= 0.6 is 0 Å². The van der Waals surface area contributed by atoms with Gasteiger partial charge in [0.05, 0.1) is 11.7 Å². The smallest absolute Gasteiger partial charge is 0.310 e. The van der Waals surface area contributed by atoms with Crippen LogP contribution in [-0.2, 0) is 11.2 Å². The standard InChI is InChI=1S/C15H23NO3/c1-3-15(14(17)18)7-5-8-16(11-15)12(2)10-13-6-4-9-19-13/h4,6,9,12H,3,5,7-8,10-11H2,1-2H3,(H,17,18). The highest BCUT2D eigenvalue weighted by atomic mass is 16.4. The maximum atomic E-state index is 11.5. The number of likely N-dealkylation sites (tertiary alicyclic amines) is 1. The molecule has 19 heavy (non-hydrogen) atoms. The number of carboxylic acids is 1. The minimum absolute atomic E-state index is 0.316. The van der Waals surface area contributed by atoms with Gasteiger partial charge < -0.3 is 9.52 Å². The predicted molar refractivity (Wildman–Crippen MR) is 73.0 cm³/mol. The lowest BCUT2D eigenvalue weighted by Crippen LogP contribution is -2.50. The Balaban J connectivity index is 2.02. The SMILES string of the molecule is CCC1(C(=O)O)CCCN(C(C)Cc2ccco2)C1. The summed E-state index contributed by atoms with van der Waals surface area (Å²) in [6.07, 6.45) is 4.98. The van der Waals surface area contributed by atoms with Crippen LogP contribution in [0.15, 0.2) is 22.8 Å². The molecular formula is C15H23NO3. The average Bonchev–Trinajstić information content (AvgIpc) is 2.91. The van der Waals surface area contributed by atoms with Crippen molar-refractivity contribution in [2.24, 2.45) is 5.41 Å². The maximum absolute atomic E-state index is 11.5. The number of nitrogens with zero attached hydrogens (tertiary/aromatic N) is 1. The number of hydrogen-bond acceptors (Lipinski definition) is 3. The molecule has 1 saturated heterocycles. The summed E-state index contributed by atoms with van der Waals surface area (Å²) in [4.78, 5) is 13.8. The molecule has 1 N–H and O–H groups in total. The molecule has 0 saturated carbocycles. The van der Waals surface area contributed by atoms with E-state index in [2.05, 4.69) is 11.8 Å². The molecule has 1 aromatic rings. The first kappa shape index (κ1) is 14.1. The predicted octanol–water partition coefficient (Wildman–Crippen LogP) is 2.79. The molecule has 0 amide bonds. The van der Waals surface area contributed by atoms with E-state index in [9.17, 15) is 9.90 Å². The lowest BCUT2D eigenvalue weighted by molar-refractivity contribution is -0.153. The second kappa shape index (κ2) is 5.78. The molecule has 2 atom stereocenters. The van der Waals surface area contributed by atoms with Crippen LogP contribution in [0.3, 0.4) is 0 Å². The van der Waals surface area contributed by atoms with E-state index in [4.69, 9.17) is 4.42 Å². The van der Waals surface area contributed by atoms with Crippen LogP contribution in [-0.4, -0.2) is 35.1 Å². The molecule has 2 heterocycles. The summed E-state index contributed by atoms with van der Waals surface area (Å²) in [6, 6.07) is 4.19. The van der Waals surface area contributed by atoms with Gasteiger partial charge in [0.1, 0.15) is 5.76 Å². The van der Waals surface area contributed by atoms with Gasteiger partial charge in [-0.3, -0.25) is 9.69 Å². The molecule has 0 aromatic carbocycles. The zero-order valence-corrected chi connectivity index (χ0v) is 11.8. The molecule has 1 aliphatic rings. The van der Waals surface area contributed by atoms with E-state index in [-0.39, 0.29) is 0 Å². The monoisotopic (exact) mass is 265 g/mol. The van der Waals surface area contributed by atoms with E-state index in [1.54, 1.807) is 6.26 Å². The van der Waals surface area contributed by atoms with Crippen molar-refractivity contribution in [3.05, 3.63) is 24.2 Å². The number of furan rings is 1. The van der Waals surface area contributed by atoms with Crippen molar-refractivity contribution in [2.45, 2.75) is 45.6 Å². The van der Waals surface area contributed by atoms with Crippen molar-refractivity contribution in [2.75, 3.05) is 13.1 Å². The van der Waals surface area contributed by atoms with Crippen molar-refractivity contribution in [3.63, 3.8) is 0 Å². The van der Waals surface area contributed by atoms with E-state index in [1.165, 1.54) is 0 Å². The van der Waals surface area contributed by atoms with Gasteiger partial charge in [-0.1, -0.05) is 6.92 Å². The third-order valence-electron chi connectivity index (χ3n) is 4.44. The van der Waals surface area contributed by atoms with Crippen molar-refractivity contribution in [3.8, 4) is 0 Å². The van der Waals surface area contributed by atoms with Crippen LogP contribution in [0.25, 0.3) is 0 Å². The lowest BCUT2D eigenvalue weighted by atomic mass is 9.77. The minimum Gasteiger partial charge on any atom is -0.481 e. The molecule has 2 unspecified atom stereocenters. The molecule has 1 aromatic heterocycles. The first-order chi connectivity index (χ1) is 9.07. The van der Waals surface area contributed by atoms with Crippen LogP contribution in [0.2, 0.25) is 0 Å². The molecule has 0 bridgehead atoms. The number of piperidine rings is 1. The molecular weight excluding hydrogens is 242 g/mol. The summed E-state index contributed by atoms with van der Waals surface area (Å²) in [6.45, 7) is 5.77. The van der Waals surface area contributed by atoms with Gasteiger partial charge in [-0.2, -0.15) is 0 Å². The van der Waals surface area contributed by atoms with E-state index < -0.39 is 11.4 Å². The van der Waals surface area contributed by atoms with Gasteiger partial charge in [0.15, 0.2) is 0 Å². The highest BCUT2D eigenvalue weighted by Gasteiger charge is 2.41. The Hall–Kier alpha value is -1.29. The van der Waals surface area contributed by atoms with Gasteiger partial charge in [-0.05, 0) is 44.9 Å². The van der Waals surface area contributed by atoms with Gasteiger partial charge in [-0.25, -0.2) is 0 Å². The molecule has 4 nitrogen and oxygen atoms in total. The Morgan fingerprint density at radius 1 is 1.63 bits per heavy atom. The molecule has 2 rings (SSSR count). The minimum atomic E-state index is -0.648. The summed E-state index contributed by atoms with van der Waals surface area (Å²) >= 11 is 0. The van der Waals surface area contributed by atoms with E-state index in [0.717, 1.165) is 31.6 Å². The second-order valence-electron chi connectivity index (χ2n) is 5.65. The van der Waals surface area contributed by atoms with Crippen LogP contribution in [0.5, 0.6) is 0 Å². The lowest BCUT2D eigenvalue weighted by Gasteiger charge is -2.42. The zero-order valence-electron chi connectivity index (χ0n) is 11.8. The zero-order chi connectivity index (χ0) is 13.9. The highest BCUT2D eigenvalue weighted by molar-refractivity contribution is 5.75. The Kier molecular flexibility index (Phi) is 4.30. The Morgan fingerprint density at radius 2 is 2.42 bits per heavy atom. The second-order valence-corrected chi connectivity index (χ2v) is 5.65. The highest BCUT2D eigenvalue weighted by Crippen LogP contribution is 2.34. The van der Waals surface area contributed by atoms with Gasteiger partial charge in [-0.15, -0.1) is 0 Å². The molecule has 0 radical (unpaired) electrons. The number of aliphatic carboxylic acids is 1. The largest absolute Gasteiger partial charge is 0.481 e. The summed E-state index contributed by atoms with van der Waals surface area (Å²) in [5.41, 5.74) is -0.560. The first-order valence-corrected chi connectivity index (χ1v) is 7.07. The Morgan fingerprint density at radius 3 is 3.00 bits per heavy atom. The number of hydrogen-bond donors (Lipinski definition) is 1. The Labute approximate surface area is 114 Å². The fraction of sp³-hybridized carbons (Fsp3) is 0.667. The number of rotatable bonds is 5. The quantitative estimate of drug-likeness (QED) is 0.889. The van der Waals surface area contributed by atoms with E-state index in [0.29, 0.717) is 19.0 Å². The maximum Gasteiger partial charge on any atom is 0.310 e. The first-order valence-electron chi connectivity index (χ1n) is 7.07.